The number of imidazole rings is 1. The average molecular weight is 471 g/mol. The molecule has 0 spiro atoms. The lowest BCUT2D eigenvalue weighted by Crippen LogP contribution is -2.54. The van der Waals surface area contributed by atoms with E-state index in [-0.39, 0.29) is 11.3 Å². The molecule has 0 radical (unpaired) electrons. The van der Waals surface area contributed by atoms with Crippen LogP contribution < -0.4 is 4.74 Å². The molecule has 2 aliphatic heterocycles. The Labute approximate surface area is 195 Å². The van der Waals surface area contributed by atoms with Crippen molar-refractivity contribution in [2.24, 2.45) is 5.16 Å². The van der Waals surface area contributed by atoms with Gasteiger partial charge in [-0.25, -0.2) is 13.8 Å². The molecular weight excluding hydrogens is 446 g/mol. The molecule has 0 saturated carbocycles. The molecule has 0 N–H and O–H groups in total. The normalized spacial score (nSPS) is 20.1. The van der Waals surface area contributed by atoms with Gasteiger partial charge in [0.25, 0.3) is 0 Å². The summed E-state index contributed by atoms with van der Waals surface area (Å²) in [6.45, 7) is 3.21. The second-order valence-electron chi connectivity index (χ2n) is 8.18. The maximum absolute atomic E-state index is 13.7. The molecule has 3 aromatic rings. The summed E-state index contributed by atoms with van der Waals surface area (Å²) in [4.78, 5) is 12.8. The zero-order chi connectivity index (χ0) is 22.9. The van der Waals surface area contributed by atoms with Crippen molar-refractivity contribution in [3.8, 4) is 11.4 Å². The van der Waals surface area contributed by atoms with E-state index in [2.05, 4.69) is 15.0 Å². The fourth-order valence-electron chi connectivity index (χ4n) is 4.42. The Morgan fingerprint density at radius 3 is 2.70 bits per heavy atom. The molecule has 1 saturated heterocycles. The van der Waals surface area contributed by atoms with Crippen LogP contribution in [-0.4, -0.2) is 51.8 Å². The monoisotopic (exact) mass is 470 g/mol. The number of fused-ring (bicyclic) bond motifs is 1. The predicted molar refractivity (Wildman–Crippen MR) is 123 cm³/mol. The van der Waals surface area contributed by atoms with E-state index < -0.39 is 11.6 Å². The van der Waals surface area contributed by atoms with Crippen LogP contribution in [0.5, 0.6) is 5.75 Å². The summed E-state index contributed by atoms with van der Waals surface area (Å²) >= 11 is 1.49. The Kier molecular flexibility index (Phi) is 5.97. The number of ether oxygens (including phenoxy) is 1. The smallest absolute Gasteiger partial charge is 0.176 e. The lowest BCUT2D eigenvalue weighted by molar-refractivity contribution is 0.0488. The molecule has 33 heavy (non-hydrogen) atoms. The number of piperidine rings is 1. The summed E-state index contributed by atoms with van der Waals surface area (Å²) in [6, 6.07) is 9.63. The number of nitrogens with zero attached hydrogens (tertiary/aromatic N) is 4. The molecule has 2 aromatic carbocycles. The van der Waals surface area contributed by atoms with Crippen molar-refractivity contribution in [3.63, 3.8) is 0 Å². The summed E-state index contributed by atoms with van der Waals surface area (Å²) in [7, 11) is 1.64. The first-order valence-corrected chi connectivity index (χ1v) is 11.7. The van der Waals surface area contributed by atoms with E-state index in [1.54, 1.807) is 13.4 Å². The summed E-state index contributed by atoms with van der Waals surface area (Å²) in [5.41, 5.74) is 2.69. The molecule has 2 aliphatic rings. The second kappa shape index (κ2) is 9.05. The van der Waals surface area contributed by atoms with Gasteiger partial charge in [0, 0.05) is 34.5 Å². The number of amidine groups is 1. The van der Waals surface area contributed by atoms with Crippen LogP contribution in [0, 0.1) is 18.6 Å². The van der Waals surface area contributed by atoms with Gasteiger partial charge in [0.2, 0.25) is 0 Å². The van der Waals surface area contributed by atoms with Crippen LogP contribution in [0.3, 0.4) is 0 Å². The molecule has 9 heteroatoms. The highest BCUT2D eigenvalue weighted by Crippen LogP contribution is 2.37. The van der Waals surface area contributed by atoms with Crippen molar-refractivity contribution >= 4 is 17.6 Å². The minimum absolute atomic E-state index is 0.0459. The van der Waals surface area contributed by atoms with Gasteiger partial charge in [-0.2, -0.15) is 0 Å². The quantitative estimate of drug-likeness (QED) is 0.537. The molecule has 1 fully saturated rings. The summed E-state index contributed by atoms with van der Waals surface area (Å²) < 4.78 is 35.0. The van der Waals surface area contributed by atoms with Gasteiger partial charge in [-0.15, -0.1) is 11.8 Å². The molecule has 2 atom stereocenters. The number of rotatable bonds is 5. The maximum Gasteiger partial charge on any atom is 0.176 e. The number of aryl methyl sites for hydroxylation is 1. The van der Waals surface area contributed by atoms with Crippen molar-refractivity contribution in [1.82, 2.24) is 14.5 Å². The van der Waals surface area contributed by atoms with Gasteiger partial charge in [0.15, 0.2) is 5.84 Å². The highest BCUT2D eigenvalue weighted by molar-refractivity contribution is 8.00. The maximum atomic E-state index is 13.7. The molecule has 0 aliphatic carbocycles. The van der Waals surface area contributed by atoms with Gasteiger partial charge in [0.1, 0.15) is 24.0 Å². The van der Waals surface area contributed by atoms with E-state index in [0.29, 0.717) is 17.3 Å². The third kappa shape index (κ3) is 4.42. The van der Waals surface area contributed by atoms with Crippen molar-refractivity contribution in [2.45, 2.75) is 36.0 Å². The fraction of sp³-hybridized carbons (Fsp3) is 0.333. The minimum atomic E-state index is -0.562. The Hall–Kier alpha value is -3.07. The van der Waals surface area contributed by atoms with Gasteiger partial charge in [0.05, 0.1) is 30.9 Å². The molecule has 6 nitrogen and oxygen atoms in total. The number of thioether (sulfide) groups is 1. The van der Waals surface area contributed by atoms with Crippen molar-refractivity contribution < 1.29 is 18.4 Å². The lowest BCUT2D eigenvalue weighted by atomic mass is 9.99. The average Bonchev–Trinajstić information content (AvgIpc) is 3.24. The molecule has 3 heterocycles. The summed E-state index contributed by atoms with van der Waals surface area (Å²) in [6.07, 6.45) is 5.58. The van der Waals surface area contributed by atoms with E-state index in [0.717, 1.165) is 48.2 Å². The first-order valence-electron chi connectivity index (χ1n) is 10.8. The van der Waals surface area contributed by atoms with Gasteiger partial charge in [-0.05, 0) is 50.1 Å². The molecule has 5 rings (SSSR count). The summed E-state index contributed by atoms with van der Waals surface area (Å²) in [5, 5.41) is 4.50. The van der Waals surface area contributed by atoms with Crippen LogP contribution in [-0.2, 0) is 4.84 Å². The van der Waals surface area contributed by atoms with E-state index in [4.69, 9.17) is 9.57 Å². The first kappa shape index (κ1) is 21.8. The zero-order valence-electron chi connectivity index (χ0n) is 18.4. The molecule has 0 bridgehead atoms. The van der Waals surface area contributed by atoms with Gasteiger partial charge >= 0.3 is 0 Å². The van der Waals surface area contributed by atoms with E-state index >= 15 is 0 Å². The van der Waals surface area contributed by atoms with Gasteiger partial charge in [-0.3, -0.25) is 0 Å². The highest BCUT2D eigenvalue weighted by atomic mass is 32.2. The van der Waals surface area contributed by atoms with Crippen LogP contribution in [0.15, 0.2) is 59.0 Å². The van der Waals surface area contributed by atoms with Crippen molar-refractivity contribution in [2.75, 3.05) is 20.3 Å². The van der Waals surface area contributed by atoms with Crippen LogP contribution in [0.2, 0.25) is 0 Å². The zero-order valence-corrected chi connectivity index (χ0v) is 19.2. The predicted octanol–water partition coefficient (Wildman–Crippen LogP) is 4.78. The molecule has 172 valence electrons. The highest BCUT2D eigenvalue weighted by Gasteiger charge is 2.38. The largest absolute Gasteiger partial charge is 0.495 e. The number of hydrogen-bond donors (Lipinski definition) is 0. The third-order valence-electron chi connectivity index (χ3n) is 5.94. The number of benzene rings is 2. The third-order valence-corrected chi connectivity index (χ3v) is 7.30. The lowest BCUT2D eigenvalue weighted by Gasteiger charge is -2.44. The Bertz CT molecular complexity index is 1180. The van der Waals surface area contributed by atoms with E-state index in [9.17, 15) is 8.78 Å². The molecular formula is C24H24F2N4O2S. The summed E-state index contributed by atoms with van der Waals surface area (Å²) in [5.74, 6) is 0.321. The van der Waals surface area contributed by atoms with Crippen LogP contribution in [0.1, 0.15) is 24.1 Å². The topological polar surface area (TPSA) is 51.9 Å². The number of oxime groups is 1. The van der Waals surface area contributed by atoms with E-state index in [1.807, 2.05) is 35.9 Å². The number of methoxy groups -OCH3 is 1. The van der Waals surface area contributed by atoms with Crippen molar-refractivity contribution in [1.29, 1.82) is 0 Å². The number of hydrogen-bond acceptors (Lipinski definition) is 6. The Morgan fingerprint density at radius 2 is 1.97 bits per heavy atom. The SMILES string of the molecule is COc1cc(C2=NOCC3C(Sc4cc(F)cc(F)c4)CCCN23)ccc1-n1cnc(C)c1. The minimum Gasteiger partial charge on any atom is -0.495 e. The molecule has 1 aromatic heterocycles. The van der Waals surface area contributed by atoms with Crippen molar-refractivity contribution in [3.05, 3.63) is 71.8 Å². The molecule has 2 unspecified atom stereocenters. The van der Waals surface area contributed by atoms with E-state index in [1.165, 1.54) is 23.9 Å². The first-order chi connectivity index (χ1) is 16.0. The standard InChI is InChI=1S/C24H24F2N4O2S/c1-15-12-29(14-27-15)20-6-5-16(8-22(20)31-2)24-28-32-13-21-23(4-3-7-30(21)24)33-19-10-17(25)9-18(26)11-19/h5-6,8-12,14,21,23H,3-4,7,13H2,1-2H3. The molecule has 0 amide bonds. The van der Waals surface area contributed by atoms with Crippen LogP contribution in [0.25, 0.3) is 5.69 Å². The van der Waals surface area contributed by atoms with Crippen LogP contribution in [0.4, 0.5) is 8.78 Å². The second-order valence-corrected chi connectivity index (χ2v) is 9.50. The Morgan fingerprint density at radius 1 is 1.15 bits per heavy atom. The van der Waals surface area contributed by atoms with Crippen LogP contribution >= 0.6 is 11.8 Å². The Balaban J connectivity index is 1.41. The fourth-order valence-corrected chi connectivity index (χ4v) is 5.80. The number of halogens is 2. The number of aromatic nitrogens is 2. The van der Waals surface area contributed by atoms with Gasteiger partial charge < -0.3 is 19.0 Å². The van der Waals surface area contributed by atoms with Gasteiger partial charge in [-0.1, -0.05) is 5.16 Å².